The highest BCUT2D eigenvalue weighted by Crippen LogP contribution is 2.32. The van der Waals surface area contributed by atoms with E-state index in [0.717, 1.165) is 15.4 Å². The van der Waals surface area contributed by atoms with Crippen molar-refractivity contribution in [2.75, 3.05) is 24.5 Å². The number of carbonyl (C=O) groups excluding carboxylic acids is 2. The van der Waals surface area contributed by atoms with E-state index in [1.54, 1.807) is 36.4 Å². The number of ether oxygens (including phenoxy) is 1. The molecule has 220 valence electrons. The van der Waals surface area contributed by atoms with Crippen molar-refractivity contribution < 1.29 is 22.7 Å². The van der Waals surface area contributed by atoms with Crippen LogP contribution >= 0.6 is 0 Å². The van der Waals surface area contributed by atoms with Crippen molar-refractivity contribution in [2.24, 2.45) is 0 Å². The molecular weight excluding hydrogens is 538 g/mol. The fourth-order valence-electron chi connectivity index (χ4n) is 4.54. The van der Waals surface area contributed by atoms with Crippen LogP contribution in [0.4, 0.5) is 5.69 Å². The topological polar surface area (TPSA) is 96.0 Å². The van der Waals surface area contributed by atoms with Gasteiger partial charge in [0.1, 0.15) is 18.3 Å². The van der Waals surface area contributed by atoms with E-state index in [-0.39, 0.29) is 23.0 Å². The van der Waals surface area contributed by atoms with Crippen LogP contribution in [0.1, 0.15) is 45.2 Å². The average Bonchev–Trinajstić information content (AvgIpc) is 2.93. The first-order valence-electron chi connectivity index (χ1n) is 13.7. The standard InChI is InChI=1S/C32H41N3O5S/c1-7-27(31(37)33-32(3,4)5)34(22-21-25-13-9-8-10-14-25)30(36)23-35(28-15-11-12-16-29(28)40-6)41(38,39)26-19-17-24(2)18-20-26/h8-20,27H,7,21-23H2,1-6H3,(H,33,37)/t27-/m0/s1. The van der Waals surface area contributed by atoms with Crippen LogP contribution in [0.25, 0.3) is 0 Å². The number of benzene rings is 3. The minimum absolute atomic E-state index is 0.0511. The Morgan fingerprint density at radius 2 is 1.54 bits per heavy atom. The molecule has 0 fully saturated rings. The molecule has 3 rings (SSSR count). The van der Waals surface area contributed by atoms with Crippen LogP contribution < -0.4 is 14.4 Å². The van der Waals surface area contributed by atoms with Gasteiger partial charge in [-0.2, -0.15) is 0 Å². The van der Waals surface area contributed by atoms with Gasteiger partial charge in [0.25, 0.3) is 10.0 Å². The highest BCUT2D eigenvalue weighted by atomic mass is 32.2. The van der Waals surface area contributed by atoms with Crippen molar-refractivity contribution >= 4 is 27.5 Å². The number of hydrogen-bond donors (Lipinski definition) is 1. The van der Waals surface area contributed by atoms with E-state index < -0.39 is 34.1 Å². The monoisotopic (exact) mass is 579 g/mol. The van der Waals surface area contributed by atoms with Gasteiger partial charge in [0, 0.05) is 12.1 Å². The Balaban J connectivity index is 2.06. The Hall–Kier alpha value is -3.85. The van der Waals surface area contributed by atoms with E-state index in [2.05, 4.69) is 5.32 Å². The van der Waals surface area contributed by atoms with Crippen LogP contribution in [0.2, 0.25) is 0 Å². The summed E-state index contributed by atoms with van der Waals surface area (Å²) in [6.45, 7) is 9.09. The highest BCUT2D eigenvalue weighted by Gasteiger charge is 2.35. The van der Waals surface area contributed by atoms with Gasteiger partial charge in [0.05, 0.1) is 17.7 Å². The Morgan fingerprint density at radius 1 is 0.927 bits per heavy atom. The molecule has 41 heavy (non-hydrogen) atoms. The molecule has 3 aromatic rings. The number of carbonyl (C=O) groups is 2. The van der Waals surface area contributed by atoms with Crippen LogP contribution in [0.15, 0.2) is 83.8 Å². The molecule has 0 aliphatic carbocycles. The van der Waals surface area contributed by atoms with Gasteiger partial charge in [-0.1, -0.05) is 67.1 Å². The molecule has 0 heterocycles. The molecule has 2 amide bonds. The number of para-hydroxylation sites is 2. The summed E-state index contributed by atoms with van der Waals surface area (Å²) in [5.74, 6) is -0.464. The first kappa shape index (κ1) is 31.7. The van der Waals surface area contributed by atoms with Crippen LogP contribution in [-0.4, -0.2) is 56.9 Å². The largest absolute Gasteiger partial charge is 0.495 e. The van der Waals surface area contributed by atoms with E-state index in [1.165, 1.54) is 24.1 Å². The third-order valence-corrected chi connectivity index (χ3v) is 8.38. The van der Waals surface area contributed by atoms with Gasteiger partial charge in [-0.15, -0.1) is 0 Å². The number of sulfonamides is 1. The highest BCUT2D eigenvalue weighted by molar-refractivity contribution is 7.92. The minimum Gasteiger partial charge on any atom is -0.495 e. The lowest BCUT2D eigenvalue weighted by Gasteiger charge is -2.35. The number of aryl methyl sites for hydroxylation is 1. The smallest absolute Gasteiger partial charge is 0.264 e. The van der Waals surface area contributed by atoms with E-state index in [0.29, 0.717) is 18.6 Å². The molecule has 9 heteroatoms. The summed E-state index contributed by atoms with van der Waals surface area (Å²) in [5, 5.41) is 2.98. The van der Waals surface area contributed by atoms with Gasteiger partial charge in [-0.25, -0.2) is 8.42 Å². The fraction of sp³-hybridized carbons (Fsp3) is 0.375. The predicted octanol–water partition coefficient (Wildman–Crippen LogP) is 4.96. The number of amides is 2. The summed E-state index contributed by atoms with van der Waals surface area (Å²) in [6.07, 6.45) is 0.868. The van der Waals surface area contributed by atoms with Gasteiger partial charge in [0.15, 0.2) is 0 Å². The maximum absolute atomic E-state index is 14.1. The van der Waals surface area contributed by atoms with Gasteiger partial charge in [-0.05, 0) is 70.4 Å². The van der Waals surface area contributed by atoms with Crippen LogP contribution in [0.3, 0.4) is 0 Å². The van der Waals surface area contributed by atoms with Gasteiger partial charge in [-0.3, -0.25) is 13.9 Å². The normalized spacial score (nSPS) is 12.3. The predicted molar refractivity (Wildman–Crippen MR) is 163 cm³/mol. The summed E-state index contributed by atoms with van der Waals surface area (Å²) in [5.41, 5.74) is 1.65. The summed E-state index contributed by atoms with van der Waals surface area (Å²) in [7, 11) is -2.72. The molecule has 3 aromatic carbocycles. The molecule has 0 aliphatic heterocycles. The number of anilines is 1. The average molecular weight is 580 g/mol. The number of rotatable bonds is 12. The minimum atomic E-state index is -4.18. The van der Waals surface area contributed by atoms with Crippen molar-refractivity contribution in [1.82, 2.24) is 10.2 Å². The zero-order valence-corrected chi connectivity index (χ0v) is 25.6. The third-order valence-electron chi connectivity index (χ3n) is 6.61. The van der Waals surface area contributed by atoms with Gasteiger partial charge in [0.2, 0.25) is 11.8 Å². The number of hydrogen-bond acceptors (Lipinski definition) is 5. The number of nitrogens with zero attached hydrogens (tertiary/aromatic N) is 2. The molecule has 0 saturated carbocycles. The van der Waals surface area contributed by atoms with Crippen molar-refractivity contribution in [3.63, 3.8) is 0 Å². The number of nitrogens with one attached hydrogen (secondary N) is 1. The Labute approximate surface area is 244 Å². The number of methoxy groups -OCH3 is 1. The Kier molecular flexibility index (Phi) is 10.6. The molecule has 0 aromatic heterocycles. The molecule has 1 atom stereocenters. The van der Waals surface area contributed by atoms with E-state index in [1.807, 2.05) is 65.0 Å². The maximum atomic E-state index is 14.1. The SMILES string of the molecule is CC[C@@H](C(=O)NC(C)(C)C)N(CCc1ccccc1)C(=O)CN(c1ccccc1OC)S(=O)(=O)c1ccc(C)cc1. The second-order valence-corrected chi connectivity index (χ2v) is 12.8. The lowest BCUT2D eigenvalue weighted by Crippen LogP contribution is -2.56. The van der Waals surface area contributed by atoms with Crippen molar-refractivity contribution in [3.8, 4) is 5.75 Å². The maximum Gasteiger partial charge on any atom is 0.264 e. The summed E-state index contributed by atoms with van der Waals surface area (Å²) in [4.78, 5) is 29.1. The van der Waals surface area contributed by atoms with E-state index in [4.69, 9.17) is 4.74 Å². The van der Waals surface area contributed by atoms with Crippen LogP contribution in [0.5, 0.6) is 5.75 Å². The summed E-state index contributed by atoms with van der Waals surface area (Å²) in [6, 6.07) is 22.0. The Morgan fingerprint density at radius 3 is 2.12 bits per heavy atom. The van der Waals surface area contributed by atoms with Crippen LogP contribution in [0, 0.1) is 6.92 Å². The lowest BCUT2D eigenvalue weighted by atomic mass is 10.1. The lowest BCUT2D eigenvalue weighted by molar-refractivity contribution is -0.140. The zero-order valence-electron chi connectivity index (χ0n) is 24.8. The quantitative estimate of drug-likeness (QED) is 0.327. The second-order valence-electron chi connectivity index (χ2n) is 11.0. The third kappa shape index (κ3) is 8.33. The molecule has 0 radical (unpaired) electrons. The molecule has 0 saturated heterocycles. The fourth-order valence-corrected chi connectivity index (χ4v) is 5.96. The van der Waals surface area contributed by atoms with Crippen molar-refractivity contribution in [2.45, 2.75) is 63.9 Å². The van der Waals surface area contributed by atoms with Crippen molar-refractivity contribution in [3.05, 3.63) is 90.0 Å². The van der Waals surface area contributed by atoms with Crippen molar-refractivity contribution in [1.29, 1.82) is 0 Å². The second kappa shape index (κ2) is 13.7. The van der Waals surface area contributed by atoms with Gasteiger partial charge >= 0.3 is 0 Å². The molecule has 0 spiro atoms. The molecule has 0 aliphatic rings. The Bertz CT molecular complexity index is 1420. The molecule has 0 unspecified atom stereocenters. The van der Waals surface area contributed by atoms with Gasteiger partial charge < -0.3 is 15.0 Å². The first-order chi connectivity index (χ1) is 19.4. The summed E-state index contributed by atoms with van der Waals surface area (Å²) >= 11 is 0. The molecule has 1 N–H and O–H groups in total. The van der Waals surface area contributed by atoms with Crippen LogP contribution in [-0.2, 0) is 26.0 Å². The molecule has 0 bridgehead atoms. The van der Waals surface area contributed by atoms with E-state index >= 15 is 0 Å². The molecule has 8 nitrogen and oxygen atoms in total. The van der Waals surface area contributed by atoms with E-state index in [9.17, 15) is 18.0 Å². The zero-order chi connectivity index (χ0) is 30.2. The summed E-state index contributed by atoms with van der Waals surface area (Å²) < 4.78 is 34.6. The first-order valence-corrected chi connectivity index (χ1v) is 15.2. The molecular formula is C32H41N3O5S.